The number of nitrogens with zero attached hydrogens (tertiary/aromatic N) is 1. The summed E-state index contributed by atoms with van der Waals surface area (Å²) in [5.41, 5.74) is 0.778. The van der Waals surface area contributed by atoms with Gasteiger partial charge in [0.15, 0.2) is 0 Å². The Kier molecular flexibility index (Phi) is 3.59. The molecular weight excluding hydrogens is 200 g/mol. The lowest BCUT2D eigenvalue weighted by molar-refractivity contribution is 0.0504. The fraction of sp³-hybridized carbons (Fsp3) is 0.538. The van der Waals surface area contributed by atoms with Crippen molar-refractivity contribution in [2.75, 3.05) is 26.7 Å². The molecule has 3 heteroatoms. The van der Waals surface area contributed by atoms with E-state index in [1.165, 1.54) is 5.56 Å². The van der Waals surface area contributed by atoms with Gasteiger partial charge in [-0.15, -0.1) is 0 Å². The van der Waals surface area contributed by atoms with E-state index in [4.69, 9.17) is 0 Å². The molecule has 1 aliphatic heterocycles. The van der Waals surface area contributed by atoms with Gasteiger partial charge in [-0.3, -0.25) is 4.90 Å². The molecule has 1 aromatic rings. The van der Waals surface area contributed by atoms with Crippen LogP contribution in [0.1, 0.15) is 12.0 Å². The average molecular weight is 220 g/mol. The molecule has 88 valence electrons. The van der Waals surface area contributed by atoms with Gasteiger partial charge in [0.2, 0.25) is 0 Å². The van der Waals surface area contributed by atoms with Crippen molar-refractivity contribution in [3.63, 3.8) is 0 Å². The molecule has 0 aliphatic carbocycles. The summed E-state index contributed by atoms with van der Waals surface area (Å²) in [5.74, 6) is 0. The van der Waals surface area contributed by atoms with E-state index >= 15 is 0 Å². The van der Waals surface area contributed by atoms with Crippen LogP contribution in [-0.4, -0.2) is 42.3 Å². The predicted molar refractivity (Wildman–Crippen MR) is 65.2 cm³/mol. The fourth-order valence-corrected chi connectivity index (χ4v) is 2.39. The monoisotopic (exact) mass is 220 g/mol. The van der Waals surface area contributed by atoms with Gasteiger partial charge in [-0.25, -0.2) is 0 Å². The topological polar surface area (TPSA) is 35.5 Å². The van der Waals surface area contributed by atoms with E-state index in [0.29, 0.717) is 6.54 Å². The number of benzene rings is 1. The van der Waals surface area contributed by atoms with Gasteiger partial charge in [0.05, 0.1) is 5.60 Å². The SMILES string of the molecule is CNC[C@@]1(O)CCN(Cc2ccccc2)C1. The van der Waals surface area contributed by atoms with Crippen molar-refractivity contribution in [3.05, 3.63) is 35.9 Å². The molecule has 0 amide bonds. The molecule has 2 rings (SSSR count). The molecule has 1 aliphatic rings. The summed E-state index contributed by atoms with van der Waals surface area (Å²) in [6.45, 7) is 3.36. The van der Waals surface area contributed by atoms with Crippen molar-refractivity contribution in [2.45, 2.75) is 18.6 Å². The van der Waals surface area contributed by atoms with Crippen molar-refractivity contribution in [1.82, 2.24) is 10.2 Å². The second-order valence-corrected chi connectivity index (χ2v) is 4.70. The molecule has 16 heavy (non-hydrogen) atoms. The molecule has 0 saturated carbocycles. The highest BCUT2D eigenvalue weighted by molar-refractivity contribution is 5.15. The summed E-state index contributed by atoms with van der Waals surface area (Å²) in [6, 6.07) is 10.4. The minimum Gasteiger partial charge on any atom is -0.387 e. The lowest BCUT2D eigenvalue weighted by atomic mass is 10.0. The van der Waals surface area contributed by atoms with Gasteiger partial charge < -0.3 is 10.4 Å². The third kappa shape index (κ3) is 2.82. The summed E-state index contributed by atoms with van der Waals surface area (Å²) in [6.07, 6.45) is 0.862. The van der Waals surface area contributed by atoms with Crippen LogP contribution in [0.2, 0.25) is 0 Å². The average Bonchev–Trinajstić information content (AvgIpc) is 2.62. The molecule has 1 atom stereocenters. The van der Waals surface area contributed by atoms with Crippen molar-refractivity contribution in [1.29, 1.82) is 0 Å². The first kappa shape index (κ1) is 11.6. The van der Waals surface area contributed by atoms with E-state index in [2.05, 4.69) is 34.5 Å². The summed E-state index contributed by atoms with van der Waals surface area (Å²) in [7, 11) is 1.89. The number of nitrogens with one attached hydrogen (secondary N) is 1. The number of hydrogen-bond acceptors (Lipinski definition) is 3. The van der Waals surface area contributed by atoms with E-state index in [-0.39, 0.29) is 0 Å². The van der Waals surface area contributed by atoms with Crippen LogP contribution in [0.25, 0.3) is 0 Å². The molecule has 1 fully saturated rings. The number of aliphatic hydroxyl groups is 1. The fourth-order valence-electron chi connectivity index (χ4n) is 2.39. The molecule has 1 heterocycles. The van der Waals surface area contributed by atoms with Crippen LogP contribution >= 0.6 is 0 Å². The second kappa shape index (κ2) is 4.95. The Balaban J connectivity index is 1.90. The Morgan fingerprint density at radius 3 is 2.81 bits per heavy atom. The van der Waals surface area contributed by atoms with Gasteiger partial charge in [-0.1, -0.05) is 30.3 Å². The maximum Gasteiger partial charge on any atom is 0.0909 e. The van der Waals surface area contributed by atoms with Crippen molar-refractivity contribution in [2.24, 2.45) is 0 Å². The first-order chi connectivity index (χ1) is 7.72. The summed E-state index contributed by atoms with van der Waals surface area (Å²) < 4.78 is 0. The zero-order valence-corrected chi connectivity index (χ0v) is 9.82. The second-order valence-electron chi connectivity index (χ2n) is 4.70. The number of likely N-dealkylation sites (N-methyl/N-ethyl adjacent to an activating group) is 1. The van der Waals surface area contributed by atoms with Crippen LogP contribution in [0.4, 0.5) is 0 Å². The molecule has 0 bridgehead atoms. The Bertz CT molecular complexity index is 328. The van der Waals surface area contributed by atoms with Crippen LogP contribution < -0.4 is 5.32 Å². The number of hydrogen-bond donors (Lipinski definition) is 2. The molecule has 0 aromatic heterocycles. The molecule has 3 nitrogen and oxygen atoms in total. The number of rotatable bonds is 4. The van der Waals surface area contributed by atoms with E-state index in [0.717, 1.165) is 26.1 Å². The Morgan fingerprint density at radius 2 is 2.12 bits per heavy atom. The highest BCUT2D eigenvalue weighted by atomic mass is 16.3. The lowest BCUT2D eigenvalue weighted by Crippen LogP contribution is -2.41. The van der Waals surface area contributed by atoms with Gasteiger partial charge in [-0.05, 0) is 19.0 Å². The maximum atomic E-state index is 10.2. The van der Waals surface area contributed by atoms with Crippen LogP contribution in [0.15, 0.2) is 30.3 Å². The van der Waals surface area contributed by atoms with Gasteiger partial charge in [0.1, 0.15) is 0 Å². The summed E-state index contributed by atoms with van der Waals surface area (Å²) >= 11 is 0. The quantitative estimate of drug-likeness (QED) is 0.789. The maximum absolute atomic E-state index is 10.2. The van der Waals surface area contributed by atoms with Gasteiger partial charge in [0.25, 0.3) is 0 Å². The molecule has 1 saturated heterocycles. The standard InChI is InChI=1S/C13H20N2O/c1-14-10-13(16)7-8-15(11-13)9-12-5-3-2-4-6-12/h2-6,14,16H,7-11H2,1H3/t13-/m0/s1. The molecule has 0 radical (unpaired) electrons. The zero-order chi connectivity index (χ0) is 11.4. The highest BCUT2D eigenvalue weighted by Gasteiger charge is 2.34. The zero-order valence-electron chi connectivity index (χ0n) is 9.82. The summed E-state index contributed by atoms with van der Waals surface area (Å²) in [5, 5.41) is 13.3. The normalized spacial score (nSPS) is 26.1. The first-order valence-corrected chi connectivity index (χ1v) is 5.85. The molecular formula is C13H20N2O. The van der Waals surface area contributed by atoms with Gasteiger partial charge in [0, 0.05) is 26.2 Å². The third-order valence-corrected chi connectivity index (χ3v) is 3.17. The minimum atomic E-state index is -0.538. The molecule has 0 spiro atoms. The minimum absolute atomic E-state index is 0.538. The molecule has 0 unspecified atom stereocenters. The predicted octanol–water partition coefficient (Wildman–Crippen LogP) is 0.843. The van der Waals surface area contributed by atoms with Crippen LogP contribution in [0, 0.1) is 0 Å². The molecule has 1 aromatic carbocycles. The smallest absolute Gasteiger partial charge is 0.0909 e. The van der Waals surface area contributed by atoms with E-state index in [1.54, 1.807) is 0 Å². The number of likely N-dealkylation sites (tertiary alicyclic amines) is 1. The van der Waals surface area contributed by atoms with Crippen molar-refractivity contribution >= 4 is 0 Å². The largest absolute Gasteiger partial charge is 0.387 e. The Morgan fingerprint density at radius 1 is 1.38 bits per heavy atom. The van der Waals surface area contributed by atoms with E-state index < -0.39 is 5.60 Å². The van der Waals surface area contributed by atoms with E-state index in [9.17, 15) is 5.11 Å². The van der Waals surface area contributed by atoms with Crippen molar-refractivity contribution < 1.29 is 5.11 Å². The van der Waals surface area contributed by atoms with Gasteiger partial charge >= 0.3 is 0 Å². The van der Waals surface area contributed by atoms with E-state index in [1.807, 2.05) is 13.1 Å². The molecule has 2 N–H and O–H groups in total. The van der Waals surface area contributed by atoms with Crippen molar-refractivity contribution in [3.8, 4) is 0 Å². The van der Waals surface area contributed by atoms with Crippen LogP contribution in [0.5, 0.6) is 0 Å². The van der Waals surface area contributed by atoms with Gasteiger partial charge in [-0.2, -0.15) is 0 Å². The Hall–Kier alpha value is -0.900. The van der Waals surface area contributed by atoms with Crippen LogP contribution in [0.3, 0.4) is 0 Å². The third-order valence-electron chi connectivity index (χ3n) is 3.17. The Labute approximate surface area is 97.1 Å². The lowest BCUT2D eigenvalue weighted by Gasteiger charge is -2.23. The van der Waals surface area contributed by atoms with Crippen LogP contribution in [-0.2, 0) is 6.54 Å². The summed E-state index contributed by atoms with van der Waals surface area (Å²) in [4.78, 5) is 2.31. The number of β-amino-alcohol motifs (C(OH)–C–C–N with tert-alkyl or cyclic N) is 1. The first-order valence-electron chi connectivity index (χ1n) is 5.85. The highest BCUT2D eigenvalue weighted by Crippen LogP contribution is 2.22.